The van der Waals surface area contributed by atoms with Crippen LogP contribution in [0.25, 0.3) is 10.8 Å². The predicted octanol–water partition coefficient (Wildman–Crippen LogP) is 3.91. The van der Waals surface area contributed by atoms with E-state index in [-0.39, 0.29) is 11.9 Å². The molecule has 0 radical (unpaired) electrons. The summed E-state index contributed by atoms with van der Waals surface area (Å²) in [5, 5.41) is 5.37. The lowest BCUT2D eigenvalue weighted by Crippen LogP contribution is -2.26. The molecule has 3 nitrogen and oxygen atoms in total. The molecule has 0 bridgehead atoms. The average Bonchev–Trinajstić information content (AvgIpc) is 2.54. The molecule has 3 N–H and O–H groups in total. The number of nitrogen functional groups attached to an aromatic ring is 1. The highest BCUT2D eigenvalue weighted by Crippen LogP contribution is 2.24. The van der Waals surface area contributed by atoms with Crippen LogP contribution in [-0.2, 0) is 0 Å². The second-order valence-corrected chi connectivity index (χ2v) is 5.39. The number of carbonyl (C=O) groups is 1. The zero-order chi connectivity index (χ0) is 15.5. The first-order valence-electron chi connectivity index (χ1n) is 7.29. The predicted molar refractivity (Wildman–Crippen MR) is 90.7 cm³/mol. The van der Waals surface area contributed by atoms with Crippen molar-refractivity contribution in [2.75, 3.05) is 5.73 Å². The number of hydrogen-bond donors (Lipinski definition) is 2. The topological polar surface area (TPSA) is 55.1 Å². The fourth-order valence-corrected chi connectivity index (χ4v) is 2.67. The van der Waals surface area contributed by atoms with Gasteiger partial charge in [-0.25, -0.2) is 0 Å². The van der Waals surface area contributed by atoms with Crippen LogP contribution in [0, 0.1) is 0 Å². The molecule has 3 aromatic carbocycles. The highest BCUT2D eigenvalue weighted by molar-refractivity contribution is 5.95. The molecule has 0 aromatic heterocycles. The lowest BCUT2D eigenvalue weighted by molar-refractivity contribution is 0.0940. The quantitative estimate of drug-likeness (QED) is 0.718. The molecule has 0 heterocycles. The van der Waals surface area contributed by atoms with E-state index in [1.54, 1.807) is 24.3 Å². The zero-order valence-electron chi connectivity index (χ0n) is 12.4. The number of nitrogens with one attached hydrogen (secondary N) is 1. The summed E-state index contributed by atoms with van der Waals surface area (Å²) in [5.41, 5.74) is 8.00. The third-order valence-electron chi connectivity index (χ3n) is 3.79. The van der Waals surface area contributed by atoms with Gasteiger partial charge in [-0.1, -0.05) is 48.5 Å². The maximum absolute atomic E-state index is 12.4. The molecule has 3 heteroatoms. The van der Waals surface area contributed by atoms with E-state index < -0.39 is 0 Å². The maximum atomic E-state index is 12.4. The van der Waals surface area contributed by atoms with Gasteiger partial charge in [0.1, 0.15) is 0 Å². The number of carbonyl (C=O) groups excluding carboxylic acids is 1. The number of fused-ring (bicyclic) bond motifs is 1. The molecule has 0 spiro atoms. The van der Waals surface area contributed by atoms with Gasteiger partial charge in [-0.3, -0.25) is 4.79 Å². The zero-order valence-corrected chi connectivity index (χ0v) is 12.4. The second kappa shape index (κ2) is 5.90. The molecule has 22 heavy (non-hydrogen) atoms. The van der Waals surface area contributed by atoms with Crippen molar-refractivity contribution in [2.45, 2.75) is 13.0 Å². The van der Waals surface area contributed by atoms with Crippen LogP contribution in [0.4, 0.5) is 5.69 Å². The van der Waals surface area contributed by atoms with Crippen molar-refractivity contribution in [1.82, 2.24) is 5.32 Å². The molecule has 0 aliphatic rings. The van der Waals surface area contributed by atoms with Crippen LogP contribution in [0.2, 0.25) is 0 Å². The molecule has 3 rings (SSSR count). The summed E-state index contributed by atoms with van der Waals surface area (Å²) < 4.78 is 0. The Balaban J connectivity index is 1.87. The largest absolute Gasteiger partial charge is 0.399 e. The minimum Gasteiger partial charge on any atom is -0.399 e. The standard InChI is InChI=1S/C19H18N2O/c1-13(21-19(22)15-8-4-9-16(20)12-15)17-11-5-7-14-6-2-3-10-18(14)17/h2-13H,20H2,1H3,(H,21,22)/t13-/m0/s1. The Labute approximate surface area is 129 Å². The van der Waals surface area contributed by atoms with E-state index in [1.165, 1.54) is 5.39 Å². The van der Waals surface area contributed by atoms with Crippen LogP contribution in [-0.4, -0.2) is 5.91 Å². The highest BCUT2D eigenvalue weighted by Gasteiger charge is 2.13. The normalized spacial score (nSPS) is 12.0. The van der Waals surface area contributed by atoms with Crippen LogP contribution < -0.4 is 11.1 Å². The number of benzene rings is 3. The number of anilines is 1. The van der Waals surface area contributed by atoms with E-state index in [1.807, 2.05) is 31.2 Å². The first kappa shape index (κ1) is 14.1. The van der Waals surface area contributed by atoms with Crippen molar-refractivity contribution in [3.8, 4) is 0 Å². The van der Waals surface area contributed by atoms with Crippen LogP contribution in [0.15, 0.2) is 66.7 Å². The van der Waals surface area contributed by atoms with E-state index in [2.05, 4.69) is 23.5 Å². The monoisotopic (exact) mass is 290 g/mol. The van der Waals surface area contributed by atoms with Crippen molar-refractivity contribution in [2.24, 2.45) is 0 Å². The van der Waals surface area contributed by atoms with Gasteiger partial charge in [0.2, 0.25) is 0 Å². The summed E-state index contributed by atoms with van der Waals surface area (Å²) in [4.78, 5) is 12.4. The maximum Gasteiger partial charge on any atom is 0.251 e. The van der Waals surface area contributed by atoms with Crippen LogP contribution >= 0.6 is 0 Å². The van der Waals surface area contributed by atoms with E-state index in [0.29, 0.717) is 11.3 Å². The van der Waals surface area contributed by atoms with Crippen molar-refractivity contribution in [3.05, 3.63) is 77.9 Å². The molecule has 3 aromatic rings. The van der Waals surface area contributed by atoms with Crippen molar-refractivity contribution in [3.63, 3.8) is 0 Å². The Bertz CT molecular complexity index is 821. The van der Waals surface area contributed by atoms with E-state index in [0.717, 1.165) is 10.9 Å². The third kappa shape index (κ3) is 2.79. The summed E-state index contributed by atoms with van der Waals surface area (Å²) in [6, 6.07) is 21.2. The first-order chi connectivity index (χ1) is 10.6. The molecule has 0 saturated carbocycles. The SMILES string of the molecule is C[C@H](NC(=O)c1cccc(N)c1)c1cccc2ccccc12. The Morgan fingerprint density at radius 3 is 2.55 bits per heavy atom. The summed E-state index contributed by atoms with van der Waals surface area (Å²) in [6.45, 7) is 1.99. The number of amides is 1. The minimum atomic E-state index is -0.118. The molecule has 0 aliphatic carbocycles. The summed E-state index contributed by atoms with van der Waals surface area (Å²) >= 11 is 0. The van der Waals surface area contributed by atoms with Gasteiger partial charge in [0, 0.05) is 11.3 Å². The van der Waals surface area contributed by atoms with Gasteiger partial charge in [-0.15, -0.1) is 0 Å². The lowest BCUT2D eigenvalue weighted by atomic mass is 9.99. The molecule has 1 atom stereocenters. The fourth-order valence-electron chi connectivity index (χ4n) is 2.67. The first-order valence-corrected chi connectivity index (χ1v) is 7.29. The lowest BCUT2D eigenvalue weighted by Gasteiger charge is -2.17. The molecular formula is C19H18N2O. The summed E-state index contributed by atoms with van der Waals surface area (Å²) in [7, 11) is 0. The highest BCUT2D eigenvalue weighted by atomic mass is 16.1. The van der Waals surface area contributed by atoms with Crippen molar-refractivity contribution >= 4 is 22.4 Å². The van der Waals surface area contributed by atoms with Gasteiger partial charge in [-0.2, -0.15) is 0 Å². The molecule has 0 fully saturated rings. The molecule has 0 saturated heterocycles. The summed E-state index contributed by atoms with van der Waals surface area (Å²) in [6.07, 6.45) is 0. The molecular weight excluding hydrogens is 272 g/mol. The molecule has 110 valence electrons. The van der Waals surface area contributed by atoms with E-state index >= 15 is 0 Å². The fraction of sp³-hybridized carbons (Fsp3) is 0.105. The molecule has 0 aliphatic heterocycles. The Morgan fingerprint density at radius 1 is 1.00 bits per heavy atom. The Kier molecular flexibility index (Phi) is 3.79. The van der Waals surface area contributed by atoms with Gasteiger partial charge < -0.3 is 11.1 Å². The Hall–Kier alpha value is -2.81. The van der Waals surface area contributed by atoms with Gasteiger partial charge in [0.25, 0.3) is 5.91 Å². The minimum absolute atomic E-state index is 0.0833. The van der Waals surface area contributed by atoms with Gasteiger partial charge in [-0.05, 0) is 41.5 Å². The van der Waals surface area contributed by atoms with E-state index in [4.69, 9.17) is 5.73 Å². The third-order valence-corrected chi connectivity index (χ3v) is 3.79. The van der Waals surface area contributed by atoms with Crippen molar-refractivity contribution < 1.29 is 4.79 Å². The molecule has 0 unspecified atom stereocenters. The summed E-state index contributed by atoms with van der Waals surface area (Å²) in [5.74, 6) is -0.118. The number of nitrogens with two attached hydrogens (primary N) is 1. The average molecular weight is 290 g/mol. The van der Waals surface area contributed by atoms with Gasteiger partial charge in [0.05, 0.1) is 6.04 Å². The van der Waals surface area contributed by atoms with Gasteiger partial charge >= 0.3 is 0 Å². The Morgan fingerprint density at radius 2 is 1.73 bits per heavy atom. The van der Waals surface area contributed by atoms with Gasteiger partial charge in [0.15, 0.2) is 0 Å². The van der Waals surface area contributed by atoms with Crippen LogP contribution in [0.1, 0.15) is 28.9 Å². The van der Waals surface area contributed by atoms with Crippen molar-refractivity contribution in [1.29, 1.82) is 0 Å². The number of hydrogen-bond acceptors (Lipinski definition) is 2. The molecule has 1 amide bonds. The number of rotatable bonds is 3. The van der Waals surface area contributed by atoms with Crippen LogP contribution in [0.3, 0.4) is 0 Å². The second-order valence-electron chi connectivity index (χ2n) is 5.39. The smallest absolute Gasteiger partial charge is 0.251 e. The van der Waals surface area contributed by atoms with Crippen LogP contribution in [0.5, 0.6) is 0 Å². The van der Waals surface area contributed by atoms with E-state index in [9.17, 15) is 4.79 Å².